The van der Waals surface area contributed by atoms with Gasteiger partial charge in [-0.25, -0.2) is 4.79 Å². The number of aliphatic hydroxyl groups is 1. The summed E-state index contributed by atoms with van der Waals surface area (Å²) in [4.78, 5) is 43.3. The van der Waals surface area contributed by atoms with Crippen LogP contribution in [0, 0.1) is 0 Å². The number of hydrogen-bond acceptors (Lipinski definition) is 5. The van der Waals surface area contributed by atoms with Crippen molar-refractivity contribution in [1.82, 2.24) is 15.2 Å². The van der Waals surface area contributed by atoms with Crippen LogP contribution in [-0.2, 0) is 6.42 Å². The molecule has 1 aromatic heterocycles. The van der Waals surface area contributed by atoms with E-state index < -0.39 is 28.8 Å². The number of nitrogens with zero attached hydrogens (tertiary/aromatic N) is 3. The summed E-state index contributed by atoms with van der Waals surface area (Å²) < 4.78 is -0.674. The van der Waals surface area contributed by atoms with E-state index in [2.05, 4.69) is 10.3 Å². The number of carboxylic acid groups (broad SMARTS) is 1. The van der Waals surface area contributed by atoms with Crippen LogP contribution in [0.1, 0.15) is 35.7 Å². The van der Waals surface area contributed by atoms with E-state index in [9.17, 15) is 24.6 Å². The van der Waals surface area contributed by atoms with Crippen molar-refractivity contribution in [3.8, 4) is 0 Å². The van der Waals surface area contributed by atoms with Gasteiger partial charge >= 0.3 is 12.1 Å². The summed E-state index contributed by atoms with van der Waals surface area (Å²) in [6.45, 7) is 1.85. The first kappa shape index (κ1) is 24.3. The predicted octanol–water partition coefficient (Wildman–Crippen LogP) is 2.51. The maximum absolute atomic E-state index is 13.2. The average Bonchev–Trinajstić information content (AvgIpc) is 3.21. The number of carbonyl (C=O) groups is 3. The molecule has 4 amide bonds. The van der Waals surface area contributed by atoms with Gasteiger partial charge in [0.25, 0.3) is 5.91 Å². The van der Waals surface area contributed by atoms with E-state index in [1.54, 1.807) is 55.7 Å². The van der Waals surface area contributed by atoms with E-state index in [-0.39, 0.29) is 25.0 Å². The van der Waals surface area contributed by atoms with Gasteiger partial charge in [0.1, 0.15) is 6.04 Å². The second kappa shape index (κ2) is 10.5. The number of carbonyl (C=O) groups excluding carboxylic acids is 2. The van der Waals surface area contributed by atoms with Gasteiger partial charge in [-0.1, -0.05) is 24.3 Å². The predicted molar refractivity (Wildman–Crippen MR) is 122 cm³/mol. The van der Waals surface area contributed by atoms with Crippen LogP contribution in [0.4, 0.5) is 9.59 Å². The maximum Gasteiger partial charge on any atom is 0.523 e. The third-order valence-electron chi connectivity index (χ3n) is 6.35. The number of aliphatic hydroxyl groups excluding tert-OH is 1. The van der Waals surface area contributed by atoms with Gasteiger partial charge in [0.15, 0.2) is 0 Å². The van der Waals surface area contributed by atoms with Crippen LogP contribution in [0.15, 0.2) is 54.9 Å². The zero-order chi connectivity index (χ0) is 24.0. The van der Waals surface area contributed by atoms with Crippen LogP contribution >= 0.6 is 0 Å². The molecule has 1 aliphatic heterocycles. The fraction of sp³-hybridized carbons (Fsp3) is 0.417. The molecule has 2 aromatic rings. The Morgan fingerprint density at radius 3 is 2.52 bits per heavy atom. The molecule has 4 atom stereocenters. The highest BCUT2D eigenvalue weighted by atomic mass is 16.4. The maximum atomic E-state index is 13.2. The molecule has 0 aliphatic carbocycles. The second-order valence-electron chi connectivity index (χ2n) is 8.61. The lowest BCUT2D eigenvalue weighted by Gasteiger charge is -2.34. The number of aromatic nitrogens is 1. The summed E-state index contributed by atoms with van der Waals surface area (Å²) in [7, 11) is 1.49. The Hall–Kier alpha value is -3.30. The number of nitrogens with one attached hydrogen (secondary N) is 1. The Morgan fingerprint density at radius 1 is 1.21 bits per heavy atom. The quantitative estimate of drug-likeness (QED) is 0.552. The van der Waals surface area contributed by atoms with E-state index >= 15 is 0 Å². The Labute approximate surface area is 193 Å². The molecule has 1 aromatic carbocycles. The van der Waals surface area contributed by atoms with Crippen LogP contribution in [0.2, 0.25) is 0 Å². The van der Waals surface area contributed by atoms with Gasteiger partial charge in [-0.15, -0.1) is 4.48 Å². The first-order valence-corrected chi connectivity index (χ1v) is 11.1. The van der Waals surface area contributed by atoms with Gasteiger partial charge < -0.3 is 15.5 Å². The number of pyridine rings is 1. The minimum Gasteiger partial charge on any atom is -0.435 e. The molecule has 3 unspecified atom stereocenters. The van der Waals surface area contributed by atoms with Gasteiger partial charge in [-0.3, -0.25) is 14.7 Å². The molecular weight excluding hydrogens is 424 g/mol. The fourth-order valence-electron chi connectivity index (χ4n) is 4.41. The van der Waals surface area contributed by atoms with Crippen molar-refractivity contribution in [1.29, 1.82) is 0 Å². The molecular formula is C24H31N4O5+. The third kappa shape index (κ3) is 5.37. The van der Waals surface area contributed by atoms with E-state index in [1.165, 1.54) is 11.9 Å². The minimum absolute atomic E-state index is 0.126. The number of benzene rings is 1. The number of likely N-dealkylation sites (tertiary alicyclic amines) is 1. The first-order chi connectivity index (χ1) is 15.8. The first-order valence-electron chi connectivity index (χ1n) is 11.1. The highest BCUT2D eigenvalue weighted by molar-refractivity contribution is 5.94. The number of likely N-dealkylation sites (N-methyl/N-ethyl adjacent to an activating group) is 1. The number of amides is 4. The zero-order valence-corrected chi connectivity index (χ0v) is 18.9. The molecule has 33 heavy (non-hydrogen) atoms. The molecule has 1 saturated heterocycles. The molecule has 0 saturated carbocycles. The molecule has 9 nitrogen and oxygen atoms in total. The van der Waals surface area contributed by atoms with Crippen molar-refractivity contribution in [2.24, 2.45) is 0 Å². The van der Waals surface area contributed by atoms with Crippen LogP contribution in [-0.4, -0.2) is 80.9 Å². The van der Waals surface area contributed by atoms with Crippen LogP contribution in [0.5, 0.6) is 0 Å². The summed E-state index contributed by atoms with van der Waals surface area (Å²) in [5.41, 5.74) is 1.26. The lowest BCUT2D eigenvalue weighted by Crippen LogP contribution is -2.63. The third-order valence-corrected chi connectivity index (χ3v) is 6.35. The molecule has 9 heteroatoms. The summed E-state index contributed by atoms with van der Waals surface area (Å²) in [6, 6.07) is 10.6. The molecule has 3 N–H and O–H groups in total. The molecule has 0 spiro atoms. The van der Waals surface area contributed by atoms with Gasteiger partial charge in [0.2, 0.25) is 0 Å². The number of hydrogen-bond donors (Lipinski definition) is 3. The number of urea groups is 1. The highest BCUT2D eigenvalue weighted by Gasteiger charge is 2.54. The van der Waals surface area contributed by atoms with Crippen molar-refractivity contribution in [2.75, 3.05) is 20.1 Å². The summed E-state index contributed by atoms with van der Waals surface area (Å²) in [5.74, 6) is -0.347. The zero-order valence-electron chi connectivity index (χ0n) is 18.9. The SMILES string of the molecule is C[C@@H]1CCC[N+]1(C(=O)O)C(=O)N(C)CC(O)C(Cc1cccnc1)NC(=O)c1ccccc1. The lowest BCUT2D eigenvalue weighted by atomic mass is 10.0. The largest absolute Gasteiger partial charge is 0.523 e. The van der Waals surface area contributed by atoms with Crippen LogP contribution in [0.25, 0.3) is 0 Å². The Kier molecular flexibility index (Phi) is 7.78. The van der Waals surface area contributed by atoms with Crippen molar-refractivity contribution in [3.63, 3.8) is 0 Å². The van der Waals surface area contributed by atoms with Gasteiger partial charge in [0.05, 0.1) is 25.2 Å². The molecule has 1 fully saturated rings. The van der Waals surface area contributed by atoms with Crippen LogP contribution < -0.4 is 5.32 Å². The van der Waals surface area contributed by atoms with E-state index in [1.807, 2.05) is 6.07 Å². The number of quaternary nitrogens is 1. The van der Waals surface area contributed by atoms with Crippen molar-refractivity contribution in [2.45, 2.75) is 44.4 Å². The van der Waals surface area contributed by atoms with Crippen molar-refractivity contribution < 1.29 is 29.1 Å². The monoisotopic (exact) mass is 455 g/mol. The van der Waals surface area contributed by atoms with Crippen molar-refractivity contribution in [3.05, 3.63) is 66.0 Å². The van der Waals surface area contributed by atoms with E-state index in [4.69, 9.17) is 0 Å². The van der Waals surface area contributed by atoms with E-state index in [0.717, 1.165) is 5.56 Å². The number of rotatable bonds is 7. The Morgan fingerprint density at radius 2 is 1.94 bits per heavy atom. The van der Waals surface area contributed by atoms with Gasteiger partial charge in [0, 0.05) is 37.8 Å². The average molecular weight is 456 g/mol. The normalized spacial score (nSPS) is 21.7. The molecule has 0 bridgehead atoms. The van der Waals surface area contributed by atoms with Gasteiger partial charge in [-0.05, 0) is 37.1 Å². The van der Waals surface area contributed by atoms with Crippen molar-refractivity contribution >= 4 is 18.0 Å². The molecule has 176 valence electrons. The standard InChI is InChI=1S/C24H30N4O5/c1-17-8-7-13-28(17,24(32)33)23(31)27(2)16-21(29)20(14-18-9-6-12-25-15-18)26-22(30)19-10-4-3-5-11-19/h3-6,9-12,15,17,20-21,29H,7-8,13-14,16H2,1-2H3,(H-,26,30,32,33)/p+1/t17-,20?,21?,28?/m1/s1. The van der Waals surface area contributed by atoms with Gasteiger partial charge in [-0.2, -0.15) is 4.79 Å². The Bertz CT molecular complexity index is 971. The highest BCUT2D eigenvalue weighted by Crippen LogP contribution is 2.29. The second-order valence-corrected chi connectivity index (χ2v) is 8.61. The minimum atomic E-state index is -1.18. The summed E-state index contributed by atoms with van der Waals surface area (Å²) in [6.07, 6.45) is 2.56. The Balaban J connectivity index is 1.77. The topological polar surface area (TPSA) is 120 Å². The molecule has 2 heterocycles. The molecule has 3 rings (SSSR count). The molecule has 0 radical (unpaired) electrons. The molecule has 1 aliphatic rings. The fourth-order valence-corrected chi connectivity index (χ4v) is 4.41. The summed E-state index contributed by atoms with van der Waals surface area (Å²) >= 11 is 0. The van der Waals surface area contributed by atoms with Crippen LogP contribution in [0.3, 0.4) is 0 Å². The summed E-state index contributed by atoms with van der Waals surface area (Å²) in [5, 5.41) is 23.7. The smallest absolute Gasteiger partial charge is 0.435 e. The van der Waals surface area contributed by atoms with E-state index in [0.29, 0.717) is 24.8 Å². The number of imide groups is 1. The lowest BCUT2D eigenvalue weighted by molar-refractivity contribution is -0.791.